The zero-order valence-corrected chi connectivity index (χ0v) is 31.6. The molecule has 3 aliphatic rings. The summed E-state index contributed by atoms with van der Waals surface area (Å²) in [5, 5.41) is 58.1. The zero-order valence-electron chi connectivity index (χ0n) is 30.8. The number of amides is 7. The van der Waals surface area contributed by atoms with Gasteiger partial charge in [-0.2, -0.15) is 0 Å². The first-order valence-corrected chi connectivity index (χ1v) is 18.9. The number of aliphatic hydroxyl groups excluding tert-OH is 3. The van der Waals surface area contributed by atoms with E-state index in [1.54, 1.807) is 24.3 Å². The van der Waals surface area contributed by atoms with Gasteiger partial charge in [0.1, 0.15) is 42.3 Å². The second kappa shape index (κ2) is 16.9. The highest BCUT2D eigenvalue weighted by atomic mass is 32.2. The van der Waals surface area contributed by atoms with E-state index in [0.29, 0.717) is 21.5 Å². The van der Waals surface area contributed by atoms with Crippen molar-refractivity contribution in [3.8, 4) is 0 Å². The predicted molar refractivity (Wildman–Crippen MR) is 196 cm³/mol. The summed E-state index contributed by atoms with van der Waals surface area (Å²) in [7, 11) is 0. The van der Waals surface area contributed by atoms with E-state index in [0.717, 1.165) is 16.7 Å². The van der Waals surface area contributed by atoms with E-state index in [2.05, 4.69) is 36.9 Å². The molecule has 2 aromatic rings. The average molecular weight is 789 g/mol. The predicted octanol–water partition coefficient (Wildman–Crippen LogP) is -3.75. The van der Waals surface area contributed by atoms with Crippen LogP contribution in [0.2, 0.25) is 0 Å². The van der Waals surface area contributed by atoms with E-state index in [1.807, 2.05) is 0 Å². The summed E-state index contributed by atoms with van der Waals surface area (Å²) in [6, 6.07) is -2.86. The van der Waals surface area contributed by atoms with Crippen LogP contribution in [-0.4, -0.2) is 151 Å². The van der Waals surface area contributed by atoms with Crippen molar-refractivity contribution in [2.24, 2.45) is 0 Å². The number of nitrogens with one attached hydrogen (secondary N) is 7. The van der Waals surface area contributed by atoms with E-state index in [1.165, 1.54) is 27.7 Å². The summed E-state index contributed by atoms with van der Waals surface area (Å²) in [6.45, 7) is 4.02. The van der Waals surface area contributed by atoms with Gasteiger partial charge in [0.2, 0.25) is 41.4 Å². The fourth-order valence-electron chi connectivity index (χ4n) is 6.74. The number of hydrogen-bond acceptors (Lipinski definition) is 12. The molecule has 55 heavy (non-hydrogen) atoms. The second-order valence-electron chi connectivity index (χ2n) is 14.6. The van der Waals surface area contributed by atoms with Crippen molar-refractivity contribution in [2.75, 3.05) is 18.9 Å². The summed E-state index contributed by atoms with van der Waals surface area (Å²) in [5.41, 5.74) is -0.741. The number of aromatic amines is 1. The molecule has 0 unspecified atom stereocenters. The maximum Gasteiger partial charge on any atom is 0.246 e. The number of carbonyl (C=O) groups is 7. The molecule has 1 aromatic carbocycles. The standard InChI is InChI=1S/C35H48N8O11S/c1-15-27(47)38-22-10-20-19-7-5-6-8-21(19)41-33(20)55-13-24(34(53)43-12-18(46)9-25(43)31(51)37-15)40-32(52)26(17(3)45)42-28(48)16(2)36-30(50)23(39-29(22)49)11-35(4,54)14-44/h5-8,15-18,22-26,41,44-46,54H,9-14H2,1-4H3,(H,36,50)(H,37,51)(H,38,47)(H,39,49)(H,40,52)(H,42,48)/t15-,16+,17-,18+,22-,23+,24+,25-,26+,35-/m0/s1. The summed E-state index contributed by atoms with van der Waals surface area (Å²) >= 11 is 1.08. The normalized spacial score (nSPS) is 30.8. The van der Waals surface area contributed by atoms with Crippen LogP contribution in [0.5, 0.6) is 0 Å². The number of rotatable bonds is 4. The van der Waals surface area contributed by atoms with Crippen LogP contribution in [-0.2, 0) is 40.0 Å². The maximum absolute atomic E-state index is 14.3. The third kappa shape index (κ3) is 9.55. The van der Waals surface area contributed by atoms with Crippen LogP contribution in [0, 0.1) is 0 Å². The molecule has 0 aliphatic carbocycles. The fraction of sp³-hybridized carbons (Fsp3) is 0.571. The summed E-state index contributed by atoms with van der Waals surface area (Å²) in [4.78, 5) is 101. The number of benzene rings is 1. The highest BCUT2D eigenvalue weighted by molar-refractivity contribution is 7.99. The Hall–Kier alpha value is -4.76. The highest BCUT2D eigenvalue weighted by Crippen LogP contribution is 2.32. The molecule has 5 rings (SSSR count). The molecular formula is C35H48N8O11S. The molecule has 1 saturated heterocycles. The molecular weight excluding hydrogens is 740 g/mol. The number of carbonyl (C=O) groups excluding carboxylic acids is 7. The van der Waals surface area contributed by atoms with Gasteiger partial charge in [0.05, 0.1) is 29.4 Å². The van der Waals surface area contributed by atoms with E-state index >= 15 is 0 Å². The largest absolute Gasteiger partial charge is 0.393 e. The van der Waals surface area contributed by atoms with Crippen LogP contribution in [0.25, 0.3) is 10.9 Å². The second-order valence-corrected chi connectivity index (χ2v) is 15.6. The minimum absolute atomic E-state index is 0.170. The number of aromatic nitrogens is 1. The molecule has 2 bridgehead atoms. The lowest BCUT2D eigenvalue weighted by atomic mass is 9.96. The molecule has 1 fully saturated rings. The minimum Gasteiger partial charge on any atom is -0.393 e. The van der Waals surface area contributed by atoms with Crippen LogP contribution in [0.15, 0.2) is 29.3 Å². The van der Waals surface area contributed by atoms with Crippen molar-refractivity contribution < 1.29 is 54.0 Å². The van der Waals surface area contributed by atoms with Crippen molar-refractivity contribution in [1.82, 2.24) is 41.8 Å². The van der Waals surface area contributed by atoms with Crippen LogP contribution in [0.3, 0.4) is 0 Å². The third-order valence-corrected chi connectivity index (χ3v) is 11.0. The molecule has 0 radical (unpaired) electrons. The van der Waals surface area contributed by atoms with Crippen molar-refractivity contribution in [1.29, 1.82) is 0 Å². The van der Waals surface area contributed by atoms with Crippen LogP contribution in [0.4, 0.5) is 0 Å². The number of para-hydroxylation sites is 1. The van der Waals surface area contributed by atoms with Gasteiger partial charge >= 0.3 is 0 Å². The lowest BCUT2D eigenvalue weighted by molar-refractivity contribution is -0.142. The third-order valence-electron chi connectivity index (χ3n) is 9.87. The Balaban J connectivity index is 1.69. The molecule has 3 aliphatic heterocycles. The van der Waals surface area contributed by atoms with E-state index < -0.39 is 114 Å². The number of fused-ring (bicyclic) bond motifs is 5. The summed E-state index contributed by atoms with van der Waals surface area (Å²) in [5.74, 6) is -6.26. The number of H-pyrrole nitrogens is 1. The number of thioether (sulfide) groups is 1. The van der Waals surface area contributed by atoms with E-state index in [4.69, 9.17) is 0 Å². The summed E-state index contributed by atoms with van der Waals surface area (Å²) < 4.78 is 0. The first-order chi connectivity index (χ1) is 25.9. The van der Waals surface area contributed by atoms with E-state index in [9.17, 15) is 54.0 Å². The molecule has 4 heterocycles. The Morgan fingerprint density at radius 1 is 0.855 bits per heavy atom. The van der Waals surface area contributed by atoms with Crippen molar-refractivity contribution in [2.45, 2.75) is 112 Å². The fourth-order valence-corrected chi connectivity index (χ4v) is 7.85. The maximum atomic E-state index is 14.3. The van der Waals surface area contributed by atoms with Gasteiger partial charge in [-0.3, -0.25) is 33.6 Å². The number of aliphatic hydroxyl groups is 4. The van der Waals surface area contributed by atoms with Gasteiger partial charge in [0, 0.05) is 42.5 Å². The lowest BCUT2D eigenvalue weighted by Gasteiger charge is -2.31. The van der Waals surface area contributed by atoms with Gasteiger partial charge < -0.3 is 62.2 Å². The highest BCUT2D eigenvalue weighted by Gasteiger charge is 2.44. The lowest BCUT2D eigenvalue weighted by Crippen LogP contribution is -2.61. The van der Waals surface area contributed by atoms with Gasteiger partial charge in [-0.15, -0.1) is 11.8 Å². The topological polar surface area (TPSA) is 292 Å². The molecule has 0 spiro atoms. The van der Waals surface area contributed by atoms with Crippen LogP contribution in [0.1, 0.15) is 46.1 Å². The molecule has 19 nitrogen and oxygen atoms in total. The van der Waals surface area contributed by atoms with Gasteiger partial charge in [0.25, 0.3) is 0 Å². The summed E-state index contributed by atoms with van der Waals surface area (Å²) in [6.07, 6.45) is -3.53. The van der Waals surface area contributed by atoms with Crippen molar-refractivity contribution >= 4 is 64.0 Å². The van der Waals surface area contributed by atoms with Crippen LogP contribution < -0.4 is 31.9 Å². The molecule has 7 amide bonds. The smallest absolute Gasteiger partial charge is 0.246 e. The first-order valence-electron chi connectivity index (χ1n) is 17.9. The van der Waals surface area contributed by atoms with Crippen molar-refractivity contribution in [3.05, 3.63) is 29.8 Å². The molecule has 11 N–H and O–H groups in total. The van der Waals surface area contributed by atoms with Gasteiger partial charge in [-0.05, 0) is 39.3 Å². The molecule has 20 heteroatoms. The Morgan fingerprint density at radius 3 is 2.16 bits per heavy atom. The minimum atomic E-state index is -1.90. The Kier molecular flexibility index (Phi) is 12.8. The molecule has 1 aromatic heterocycles. The average Bonchev–Trinajstić information content (AvgIpc) is 3.69. The number of hydrogen-bond donors (Lipinski definition) is 11. The Bertz CT molecular complexity index is 1840. The van der Waals surface area contributed by atoms with Crippen molar-refractivity contribution in [3.63, 3.8) is 0 Å². The Labute approximate surface area is 320 Å². The number of nitrogens with zero attached hydrogens (tertiary/aromatic N) is 1. The molecule has 300 valence electrons. The van der Waals surface area contributed by atoms with Gasteiger partial charge in [-0.1, -0.05) is 18.2 Å². The monoisotopic (exact) mass is 788 g/mol. The first kappa shape index (κ1) is 41.4. The molecule has 0 saturated carbocycles. The van der Waals surface area contributed by atoms with Crippen LogP contribution >= 0.6 is 11.8 Å². The van der Waals surface area contributed by atoms with Gasteiger partial charge in [-0.25, -0.2) is 0 Å². The molecule has 10 atom stereocenters. The zero-order chi connectivity index (χ0) is 40.4. The van der Waals surface area contributed by atoms with Gasteiger partial charge in [0.15, 0.2) is 0 Å². The van der Waals surface area contributed by atoms with E-state index in [-0.39, 0.29) is 25.1 Å². The quantitative estimate of drug-likeness (QED) is 0.143. The Morgan fingerprint density at radius 2 is 1.49 bits per heavy atom. The SMILES string of the molecule is C[C@@H]1NC(=O)[C@@H]2C[C@@H](O)CN2C(=O)[C@H]2CSc3[nH]c4ccccc4c3C[C@H](NC1=O)C(=O)N[C@H](C[C@](C)(O)CO)C(=O)N[C@H](C)C(=O)N[C@H]([C@H](C)O)C(=O)N2.